The smallest absolute Gasteiger partial charge is 0.245 e. The Bertz CT molecular complexity index is 461. The Kier molecular flexibility index (Phi) is 3.19. The summed E-state index contributed by atoms with van der Waals surface area (Å²) >= 11 is 0. The molecule has 102 valence electrons. The van der Waals surface area contributed by atoms with E-state index in [1.54, 1.807) is 0 Å². The molecule has 2 aliphatic rings. The van der Waals surface area contributed by atoms with Crippen LogP contribution in [0.4, 0.5) is 5.69 Å². The molecule has 1 N–H and O–H groups in total. The topological polar surface area (TPSA) is 35.6 Å². The third-order valence-corrected chi connectivity index (χ3v) is 4.27. The molecular formula is C15H21N3O. The van der Waals surface area contributed by atoms with E-state index < -0.39 is 0 Å². The molecule has 1 aromatic carbocycles. The first kappa shape index (κ1) is 12.5. The number of rotatable bonds is 2. The monoisotopic (exact) mass is 259 g/mol. The van der Waals surface area contributed by atoms with Crippen molar-refractivity contribution >= 4 is 11.6 Å². The zero-order chi connectivity index (χ0) is 13.4. The van der Waals surface area contributed by atoms with Gasteiger partial charge in [-0.2, -0.15) is 0 Å². The fraction of sp³-hybridized carbons (Fsp3) is 0.533. The maximum absolute atomic E-state index is 12.5. The highest BCUT2D eigenvalue weighted by atomic mass is 16.2. The van der Waals surface area contributed by atoms with Crippen molar-refractivity contribution in [3.05, 3.63) is 29.8 Å². The van der Waals surface area contributed by atoms with Crippen LogP contribution in [0.5, 0.6) is 0 Å². The number of likely N-dealkylation sites (tertiary alicyclic amines) is 1. The minimum atomic E-state index is -0.0710. The van der Waals surface area contributed by atoms with E-state index in [0.29, 0.717) is 6.04 Å². The molecule has 0 bridgehead atoms. The molecule has 0 aliphatic carbocycles. The molecule has 0 radical (unpaired) electrons. The zero-order valence-corrected chi connectivity index (χ0v) is 11.6. The van der Waals surface area contributed by atoms with Gasteiger partial charge in [0.15, 0.2) is 0 Å². The van der Waals surface area contributed by atoms with Crippen LogP contribution < -0.4 is 5.32 Å². The van der Waals surface area contributed by atoms with Crippen LogP contribution in [-0.4, -0.2) is 55.0 Å². The van der Waals surface area contributed by atoms with Gasteiger partial charge in [-0.05, 0) is 32.1 Å². The van der Waals surface area contributed by atoms with Gasteiger partial charge in [0.1, 0.15) is 6.04 Å². The number of amides is 1. The number of hydrogen-bond acceptors (Lipinski definition) is 3. The van der Waals surface area contributed by atoms with Crippen LogP contribution in [0.25, 0.3) is 0 Å². The maximum atomic E-state index is 12.5. The Morgan fingerprint density at radius 3 is 2.84 bits per heavy atom. The Labute approximate surface area is 114 Å². The average Bonchev–Trinajstić information content (AvgIpc) is 3.04. The highest BCUT2D eigenvalue weighted by Gasteiger charge is 2.34. The average molecular weight is 259 g/mol. The molecule has 4 heteroatoms. The molecule has 1 fully saturated rings. The first-order chi connectivity index (χ1) is 9.15. The first-order valence-corrected chi connectivity index (χ1v) is 6.95. The molecule has 3 rings (SSSR count). The van der Waals surface area contributed by atoms with Crippen molar-refractivity contribution in [2.24, 2.45) is 0 Å². The van der Waals surface area contributed by atoms with E-state index in [4.69, 9.17) is 0 Å². The standard InChI is InChI=1S/C15H21N3O/c1-17(2)12-7-8-18(10-12)15(19)14-9-11-5-3-4-6-13(11)16-14/h3-6,12,14,16H,7-10H2,1-2H3/t12-,14-/m0/s1. The largest absolute Gasteiger partial charge is 0.373 e. The number of carbonyl (C=O) groups excluding carboxylic acids is 1. The highest BCUT2D eigenvalue weighted by Crippen LogP contribution is 2.27. The number of benzene rings is 1. The second kappa shape index (κ2) is 4.85. The van der Waals surface area contributed by atoms with Gasteiger partial charge in [0.25, 0.3) is 0 Å². The Hall–Kier alpha value is -1.55. The molecule has 1 saturated heterocycles. The van der Waals surface area contributed by atoms with Gasteiger partial charge in [-0.15, -0.1) is 0 Å². The lowest BCUT2D eigenvalue weighted by Crippen LogP contribution is -2.42. The number of carbonyl (C=O) groups is 1. The summed E-state index contributed by atoms with van der Waals surface area (Å²) < 4.78 is 0. The minimum absolute atomic E-state index is 0.0710. The molecule has 0 unspecified atom stereocenters. The van der Waals surface area contributed by atoms with Crippen LogP contribution in [0.2, 0.25) is 0 Å². The Morgan fingerprint density at radius 2 is 2.16 bits per heavy atom. The number of hydrogen-bond donors (Lipinski definition) is 1. The Balaban J connectivity index is 1.64. The summed E-state index contributed by atoms with van der Waals surface area (Å²) in [7, 11) is 4.17. The number of nitrogens with zero attached hydrogens (tertiary/aromatic N) is 2. The van der Waals surface area contributed by atoms with Gasteiger partial charge in [-0.25, -0.2) is 0 Å². The van der Waals surface area contributed by atoms with Crippen molar-refractivity contribution in [2.45, 2.75) is 24.9 Å². The van der Waals surface area contributed by atoms with Crippen LogP contribution in [0.15, 0.2) is 24.3 Å². The quantitative estimate of drug-likeness (QED) is 0.866. The molecule has 0 aromatic heterocycles. The van der Waals surface area contributed by atoms with Crippen molar-refractivity contribution in [2.75, 3.05) is 32.5 Å². The minimum Gasteiger partial charge on any atom is -0.373 e. The molecule has 4 nitrogen and oxygen atoms in total. The van der Waals surface area contributed by atoms with Gasteiger partial charge in [-0.1, -0.05) is 18.2 Å². The van der Waals surface area contributed by atoms with Gasteiger partial charge in [0, 0.05) is 31.2 Å². The summed E-state index contributed by atoms with van der Waals surface area (Å²) in [6.45, 7) is 1.75. The summed E-state index contributed by atoms with van der Waals surface area (Å²) in [4.78, 5) is 16.7. The third kappa shape index (κ3) is 2.32. The van der Waals surface area contributed by atoms with E-state index in [1.807, 2.05) is 17.0 Å². The second-order valence-electron chi connectivity index (χ2n) is 5.75. The first-order valence-electron chi connectivity index (χ1n) is 6.95. The predicted octanol–water partition coefficient (Wildman–Crippen LogP) is 1.19. The van der Waals surface area contributed by atoms with E-state index in [-0.39, 0.29) is 11.9 Å². The summed E-state index contributed by atoms with van der Waals surface area (Å²) in [6, 6.07) is 8.63. The van der Waals surface area contributed by atoms with Crippen LogP contribution in [-0.2, 0) is 11.2 Å². The van der Waals surface area contributed by atoms with E-state index in [0.717, 1.165) is 31.6 Å². The number of likely N-dealkylation sites (N-methyl/N-ethyl adjacent to an activating group) is 1. The normalized spacial score (nSPS) is 25.5. The van der Waals surface area contributed by atoms with E-state index >= 15 is 0 Å². The SMILES string of the molecule is CN(C)[C@H]1CCN(C(=O)[C@@H]2Cc3ccccc3N2)C1. The van der Waals surface area contributed by atoms with Gasteiger partial charge in [-0.3, -0.25) is 4.79 Å². The van der Waals surface area contributed by atoms with Gasteiger partial charge in [0.2, 0.25) is 5.91 Å². The summed E-state index contributed by atoms with van der Waals surface area (Å²) in [5, 5.41) is 3.35. The highest BCUT2D eigenvalue weighted by molar-refractivity contribution is 5.87. The molecular weight excluding hydrogens is 238 g/mol. The zero-order valence-electron chi connectivity index (χ0n) is 11.6. The third-order valence-electron chi connectivity index (χ3n) is 4.27. The van der Waals surface area contributed by atoms with Gasteiger partial charge < -0.3 is 15.1 Å². The number of nitrogens with one attached hydrogen (secondary N) is 1. The maximum Gasteiger partial charge on any atom is 0.245 e. The van der Waals surface area contributed by atoms with Crippen LogP contribution >= 0.6 is 0 Å². The molecule has 2 heterocycles. The second-order valence-corrected chi connectivity index (χ2v) is 5.75. The molecule has 2 aliphatic heterocycles. The molecule has 1 amide bonds. The fourth-order valence-corrected chi connectivity index (χ4v) is 3.03. The summed E-state index contributed by atoms with van der Waals surface area (Å²) in [5.74, 6) is 0.251. The van der Waals surface area contributed by atoms with Gasteiger partial charge >= 0.3 is 0 Å². The van der Waals surface area contributed by atoms with E-state index in [1.165, 1.54) is 5.56 Å². The number of anilines is 1. The fourth-order valence-electron chi connectivity index (χ4n) is 3.03. The molecule has 2 atom stereocenters. The molecule has 1 aromatic rings. The summed E-state index contributed by atoms with van der Waals surface area (Å²) in [5.41, 5.74) is 2.37. The predicted molar refractivity (Wildman–Crippen MR) is 76.2 cm³/mol. The van der Waals surface area contributed by atoms with Crippen LogP contribution in [0.3, 0.4) is 0 Å². The lowest BCUT2D eigenvalue weighted by atomic mass is 10.1. The van der Waals surface area contributed by atoms with Gasteiger partial charge in [0.05, 0.1) is 0 Å². The molecule has 0 spiro atoms. The lowest BCUT2D eigenvalue weighted by molar-refractivity contribution is -0.131. The Morgan fingerprint density at radius 1 is 1.37 bits per heavy atom. The molecule has 0 saturated carbocycles. The number of fused-ring (bicyclic) bond motifs is 1. The van der Waals surface area contributed by atoms with Crippen molar-refractivity contribution < 1.29 is 4.79 Å². The van der Waals surface area contributed by atoms with E-state index in [2.05, 4.69) is 36.4 Å². The van der Waals surface area contributed by atoms with Crippen molar-refractivity contribution in [3.8, 4) is 0 Å². The van der Waals surface area contributed by atoms with Crippen molar-refractivity contribution in [1.82, 2.24) is 9.80 Å². The van der Waals surface area contributed by atoms with E-state index in [9.17, 15) is 4.79 Å². The lowest BCUT2D eigenvalue weighted by Gasteiger charge is -2.23. The van der Waals surface area contributed by atoms with Crippen LogP contribution in [0, 0.1) is 0 Å². The molecule has 19 heavy (non-hydrogen) atoms. The van der Waals surface area contributed by atoms with Crippen LogP contribution in [0.1, 0.15) is 12.0 Å². The van der Waals surface area contributed by atoms with Crippen molar-refractivity contribution in [1.29, 1.82) is 0 Å². The summed E-state index contributed by atoms with van der Waals surface area (Å²) in [6.07, 6.45) is 1.90. The number of para-hydroxylation sites is 1. The van der Waals surface area contributed by atoms with Crippen molar-refractivity contribution in [3.63, 3.8) is 0 Å².